The van der Waals surface area contributed by atoms with Crippen LogP contribution < -0.4 is 0 Å². The number of esters is 3. The van der Waals surface area contributed by atoms with Crippen molar-refractivity contribution in [1.29, 1.82) is 0 Å². The van der Waals surface area contributed by atoms with Gasteiger partial charge in [-0.25, -0.2) is 0 Å². The number of hydrogen-bond acceptors (Lipinski definition) is 6. The van der Waals surface area contributed by atoms with E-state index < -0.39 is 6.10 Å². The van der Waals surface area contributed by atoms with Crippen molar-refractivity contribution in [2.75, 3.05) is 13.2 Å². The van der Waals surface area contributed by atoms with Crippen LogP contribution in [-0.2, 0) is 28.6 Å². The van der Waals surface area contributed by atoms with Crippen LogP contribution in [0.1, 0.15) is 335 Å². The number of unbranched alkanes of at least 4 members (excludes halogenated alkanes) is 37. The molecule has 0 rings (SSSR count). The second-order valence-corrected chi connectivity index (χ2v) is 22.0. The Balaban J connectivity index is 4.25. The van der Waals surface area contributed by atoms with Gasteiger partial charge in [-0.15, -0.1) is 0 Å². The molecule has 1 unspecified atom stereocenters. The molecule has 0 bridgehead atoms. The van der Waals surface area contributed by atoms with Crippen LogP contribution in [-0.4, -0.2) is 37.2 Å². The molecule has 76 heavy (non-hydrogen) atoms. The van der Waals surface area contributed by atoms with Crippen molar-refractivity contribution >= 4 is 17.9 Å². The van der Waals surface area contributed by atoms with Crippen LogP contribution in [0.4, 0.5) is 0 Å². The molecule has 0 aromatic carbocycles. The minimum absolute atomic E-state index is 0.0763. The Morgan fingerprint density at radius 2 is 0.539 bits per heavy atom. The Bertz CT molecular complexity index is 1400. The smallest absolute Gasteiger partial charge is 0.306 e. The first-order valence-electron chi connectivity index (χ1n) is 32.9. The number of rotatable bonds is 60. The van der Waals surface area contributed by atoms with E-state index in [4.69, 9.17) is 14.2 Å². The molecule has 0 radical (unpaired) electrons. The van der Waals surface area contributed by atoms with E-state index in [-0.39, 0.29) is 31.1 Å². The molecule has 0 saturated heterocycles. The van der Waals surface area contributed by atoms with Crippen molar-refractivity contribution in [2.45, 2.75) is 341 Å². The van der Waals surface area contributed by atoms with Gasteiger partial charge in [-0.1, -0.05) is 306 Å². The number of hydrogen-bond donors (Lipinski definition) is 0. The summed E-state index contributed by atoms with van der Waals surface area (Å²) in [6.45, 7) is 6.50. The lowest BCUT2D eigenvalue weighted by Gasteiger charge is -2.18. The Morgan fingerprint density at radius 3 is 0.855 bits per heavy atom. The van der Waals surface area contributed by atoms with Crippen molar-refractivity contribution < 1.29 is 28.6 Å². The fourth-order valence-corrected chi connectivity index (χ4v) is 9.53. The minimum atomic E-state index is -0.779. The molecule has 0 saturated carbocycles. The van der Waals surface area contributed by atoms with Gasteiger partial charge in [-0.2, -0.15) is 0 Å². The molecule has 0 heterocycles. The van der Waals surface area contributed by atoms with Crippen LogP contribution in [0.3, 0.4) is 0 Å². The molecule has 0 aromatic rings. The molecule has 0 aliphatic heterocycles. The van der Waals surface area contributed by atoms with E-state index in [0.717, 1.165) is 109 Å². The highest BCUT2D eigenvalue weighted by atomic mass is 16.6. The Kier molecular flexibility index (Phi) is 61.7. The molecule has 0 aliphatic carbocycles. The fourth-order valence-electron chi connectivity index (χ4n) is 9.53. The Hall–Kier alpha value is -3.15. The molecule has 440 valence electrons. The highest BCUT2D eigenvalue weighted by Gasteiger charge is 2.19. The van der Waals surface area contributed by atoms with E-state index in [2.05, 4.69) is 93.7 Å². The predicted octanol–water partition coefficient (Wildman–Crippen LogP) is 22.5. The quantitative estimate of drug-likeness (QED) is 0.0261. The van der Waals surface area contributed by atoms with Crippen molar-refractivity contribution in [3.05, 3.63) is 72.9 Å². The number of allylic oxidation sites excluding steroid dienone is 12. The third kappa shape index (κ3) is 61.7. The second kappa shape index (κ2) is 64.4. The molecular weight excluding hydrogens is 937 g/mol. The largest absolute Gasteiger partial charge is 0.462 e. The lowest BCUT2D eigenvalue weighted by molar-refractivity contribution is -0.167. The zero-order valence-electron chi connectivity index (χ0n) is 50.5. The van der Waals surface area contributed by atoms with Crippen LogP contribution in [0.5, 0.6) is 0 Å². The minimum Gasteiger partial charge on any atom is -0.462 e. The second-order valence-electron chi connectivity index (χ2n) is 22.0. The number of carbonyl (C=O) groups is 3. The maximum absolute atomic E-state index is 12.9. The highest BCUT2D eigenvalue weighted by molar-refractivity contribution is 5.71. The molecule has 0 spiro atoms. The Morgan fingerprint density at radius 1 is 0.276 bits per heavy atom. The summed E-state index contributed by atoms with van der Waals surface area (Å²) in [7, 11) is 0. The van der Waals surface area contributed by atoms with E-state index >= 15 is 0 Å². The van der Waals surface area contributed by atoms with E-state index in [0.29, 0.717) is 19.3 Å². The van der Waals surface area contributed by atoms with Crippen molar-refractivity contribution in [3.63, 3.8) is 0 Å². The summed E-state index contributed by atoms with van der Waals surface area (Å²) < 4.78 is 16.9. The van der Waals surface area contributed by atoms with Gasteiger partial charge in [0.15, 0.2) is 6.10 Å². The van der Waals surface area contributed by atoms with E-state index in [9.17, 15) is 14.4 Å². The average molecular weight is 1060 g/mol. The van der Waals surface area contributed by atoms with Gasteiger partial charge in [0.2, 0.25) is 0 Å². The van der Waals surface area contributed by atoms with Gasteiger partial charge >= 0.3 is 17.9 Å². The first-order chi connectivity index (χ1) is 37.5. The maximum atomic E-state index is 12.9. The first kappa shape index (κ1) is 72.8. The predicted molar refractivity (Wildman–Crippen MR) is 330 cm³/mol. The van der Waals surface area contributed by atoms with Crippen molar-refractivity contribution in [2.24, 2.45) is 0 Å². The number of carbonyl (C=O) groups excluding carboxylic acids is 3. The summed E-state index contributed by atoms with van der Waals surface area (Å²) in [6, 6.07) is 0. The summed E-state index contributed by atoms with van der Waals surface area (Å²) in [5, 5.41) is 0. The van der Waals surface area contributed by atoms with Crippen LogP contribution in [0.25, 0.3) is 0 Å². The molecule has 0 fully saturated rings. The molecule has 0 aliphatic rings. The summed E-state index contributed by atoms with van der Waals surface area (Å²) >= 11 is 0. The van der Waals surface area contributed by atoms with Gasteiger partial charge < -0.3 is 14.2 Å². The molecule has 0 amide bonds. The summed E-state index contributed by atoms with van der Waals surface area (Å²) in [4.78, 5) is 38.3. The third-order valence-electron chi connectivity index (χ3n) is 14.4. The standard InChI is InChI=1S/C70H124O6/c1-4-7-10-13-16-19-22-25-27-29-31-32-33-34-35-36-37-38-39-41-42-45-48-51-54-57-60-63-69(72)75-66-67(65-74-68(71)62-59-56-53-50-47-44-24-21-18-15-12-9-6-3)76-70(73)64-61-58-55-52-49-46-43-40-30-28-26-23-20-17-14-11-8-5-2/h7,10,12,15-16,19,21,24-25,27,31-32,67H,4-6,8-9,11,13-14,17-18,20,22-23,26,28-30,33-66H2,1-3H3/b10-7-,15-12-,19-16-,24-21-,27-25-,32-31-. The lowest BCUT2D eigenvalue weighted by atomic mass is 10.0. The molecule has 0 N–H and O–H groups in total. The van der Waals surface area contributed by atoms with Gasteiger partial charge in [-0.3, -0.25) is 14.4 Å². The zero-order chi connectivity index (χ0) is 55.0. The topological polar surface area (TPSA) is 78.9 Å². The van der Waals surface area contributed by atoms with Gasteiger partial charge in [0.05, 0.1) is 0 Å². The number of ether oxygens (including phenoxy) is 3. The van der Waals surface area contributed by atoms with Gasteiger partial charge in [0, 0.05) is 19.3 Å². The normalized spacial score (nSPS) is 12.5. The lowest BCUT2D eigenvalue weighted by Crippen LogP contribution is -2.30. The van der Waals surface area contributed by atoms with Crippen molar-refractivity contribution in [3.8, 4) is 0 Å². The van der Waals surface area contributed by atoms with Gasteiger partial charge in [0.25, 0.3) is 0 Å². The van der Waals surface area contributed by atoms with E-state index in [1.54, 1.807) is 0 Å². The SMILES string of the molecule is CC/C=C\C/C=C\C/C=C\C/C=C\CCCCCCCCCCCCCCCCC(=O)OCC(COC(=O)CCCCCCC/C=C\C/C=C\CCC)OC(=O)CCCCCCCCCCCCCCCCCCCC. The average Bonchev–Trinajstić information content (AvgIpc) is 3.42. The molecular formula is C70H124O6. The molecule has 1 atom stereocenters. The van der Waals surface area contributed by atoms with Crippen LogP contribution in [0.15, 0.2) is 72.9 Å². The third-order valence-corrected chi connectivity index (χ3v) is 14.4. The highest BCUT2D eigenvalue weighted by Crippen LogP contribution is 2.17. The van der Waals surface area contributed by atoms with Crippen LogP contribution >= 0.6 is 0 Å². The monoisotopic (exact) mass is 1060 g/mol. The van der Waals surface area contributed by atoms with Gasteiger partial charge in [0.1, 0.15) is 13.2 Å². The maximum Gasteiger partial charge on any atom is 0.306 e. The summed E-state index contributed by atoms with van der Waals surface area (Å²) in [6.07, 6.45) is 83.5. The van der Waals surface area contributed by atoms with Crippen LogP contribution in [0.2, 0.25) is 0 Å². The van der Waals surface area contributed by atoms with E-state index in [1.807, 2.05) is 0 Å². The first-order valence-corrected chi connectivity index (χ1v) is 32.9. The Labute approximate surface area is 472 Å². The summed E-state index contributed by atoms with van der Waals surface area (Å²) in [5.74, 6) is -0.873. The molecule has 6 nitrogen and oxygen atoms in total. The molecule has 6 heteroatoms. The zero-order valence-corrected chi connectivity index (χ0v) is 50.5. The fraction of sp³-hybridized carbons (Fsp3) is 0.786. The van der Waals surface area contributed by atoms with E-state index in [1.165, 1.54) is 186 Å². The van der Waals surface area contributed by atoms with Crippen LogP contribution in [0, 0.1) is 0 Å². The van der Waals surface area contributed by atoms with Gasteiger partial charge in [-0.05, 0) is 83.5 Å². The summed E-state index contributed by atoms with van der Waals surface area (Å²) in [5.41, 5.74) is 0. The van der Waals surface area contributed by atoms with Crippen molar-refractivity contribution in [1.82, 2.24) is 0 Å². The molecule has 0 aromatic heterocycles.